The lowest BCUT2D eigenvalue weighted by Crippen LogP contribution is -2.32. The average Bonchev–Trinajstić information content (AvgIpc) is 2.63. The van der Waals surface area contributed by atoms with E-state index in [0.29, 0.717) is 23.2 Å². The van der Waals surface area contributed by atoms with Crippen LogP contribution in [0.4, 0.5) is 0 Å². The molecule has 1 fully saturated rings. The highest BCUT2D eigenvalue weighted by Crippen LogP contribution is 2.33. The number of rotatable bonds is 3. The van der Waals surface area contributed by atoms with Gasteiger partial charge in [-0.2, -0.15) is 0 Å². The molecule has 2 aliphatic rings. The molecule has 0 radical (unpaired) electrons. The third-order valence-electron chi connectivity index (χ3n) is 4.97. The molecule has 1 aliphatic carbocycles. The maximum absolute atomic E-state index is 5.97. The Kier molecular flexibility index (Phi) is 5.37. The lowest BCUT2D eigenvalue weighted by atomic mass is 9.83. The Hall–Kier alpha value is -2.36. The molecule has 0 bridgehead atoms. The topological polar surface area (TPSA) is 60.0 Å². The van der Waals surface area contributed by atoms with E-state index in [4.69, 9.17) is 15.5 Å². The number of hydrogen-bond acceptors (Lipinski definition) is 4. The normalized spacial score (nSPS) is 25.3. The van der Waals surface area contributed by atoms with Crippen molar-refractivity contribution in [3.8, 4) is 0 Å². The van der Waals surface area contributed by atoms with Crippen LogP contribution in [0.15, 0.2) is 58.4 Å². The number of aliphatic imine (C=N–C) groups is 2. The number of allylic oxidation sites excluding steroid dienone is 1. The second-order valence-electron chi connectivity index (χ2n) is 6.86. The summed E-state index contributed by atoms with van der Waals surface area (Å²) in [4.78, 5) is 8.90. The van der Waals surface area contributed by atoms with Crippen LogP contribution in [0, 0.1) is 0 Å². The van der Waals surface area contributed by atoms with E-state index >= 15 is 0 Å². The van der Waals surface area contributed by atoms with Crippen LogP contribution >= 0.6 is 0 Å². The highest BCUT2D eigenvalue weighted by Gasteiger charge is 2.26. The zero-order chi connectivity index (χ0) is 17.8. The van der Waals surface area contributed by atoms with Crippen LogP contribution in [0.3, 0.4) is 0 Å². The van der Waals surface area contributed by atoms with Gasteiger partial charge in [0.05, 0.1) is 5.71 Å². The first-order valence-electron chi connectivity index (χ1n) is 9.11. The van der Waals surface area contributed by atoms with Gasteiger partial charge in [-0.05, 0) is 43.7 Å². The second kappa shape index (κ2) is 7.68. The summed E-state index contributed by atoms with van der Waals surface area (Å²) in [7, 11) is 0. The third-order valence-corrected chi connectivity index (χ3v) is 4.97. The van der Waals surface area contributed by atoms with Crippen molar-refractivity contribution >= 4 is 11.6 Å². The number of hydrogen-bond donors (Lipinski definition) is 1. The fourth-order valence-electron chi connectivity index (χ4n) is 3.63. The largest absolute Gasteiger partial charge is 0.467 e. The van der Waals surface area contributed by atoms with E-state index in [2.05, 4.69) is 35.8 Å². The molecule has 0 saturated heterocycles. The highest BCUT2D eigenvalue weighted by molar-refractivity contribution is 6.11. The van der Waals surface area contributed by atoms with Crippen LogP contribution < -0.4 is 5.73 Å². The van der Waals surface area contributed by atoms with Gasteiger partial charge in [-0.15, -0.1) is 0 Å². The Morgan fingerprint density at radius 2 is 1.92 bits per heavy atom. The lowest BCUT2D eigenvalue weighted by molar-refractivity contribution is 0.268. The molecule has 0 amide bonds. The van der Waals surface area contributed by atoms with E-state index < -0.39 is 0 Å². The van der Waals surface area contributed by atoms with Crippen LogP contribution in [0.2, 0.25) is 0 Å². The Bertz CT molecular complexity index is 718. The fraction of sp³-hybridized carbons (Fsp3) is 0.429. The standard InChI is InChI=1S/C21H27N3O/c1-4-23-21-19(14(2)22)24-20(15(3)25-21)18-12-10-17(11-13-18)16-8-6-5-7-9-16/h4,10-13,15-16H,1,5-9,22H2,2-3H3/b19-14-,23-21+. The molecule has 1 atom stereocenters. The number of nitrogens with two attached hydrogens (primary N) is 1. The molecule has 4 heteroatoms. The first-order chi connectivity index (χ1) is 12.1. The molecule has 1 aliphatic heterocycles. The van der Waals surface area contributed by atoms with Crippen molar-refractivity contribution in [3.63, 3.8) is 0 Å². The van der Waals surface area contributed by atoms with Gasteiger partial charge >= 0.3 is 0 Å². The minimum atomic E-state index is -0.178. The van der Waals surface area contributed by atoms with Crippen molar-refractivity contribution in [1.29, 1.82) is 0 Å². The Balaban J connectivity index is 1.89. The van der Waals surface area contributed by atoms with Crippen LogP contribution in [-0.4, -0.2) is 17.7 Å². The molecule has 1 saturated carbocycles. The molecule has 0 spiro atoms. The molecule has 25 heavy (non-hydrogen) atoms. The molecular weight excluding hydrogens is 310 g/mol. The van der Waals surface area contributed by atoms with Gasteiger partial charge in [0.15, 0.2) is 0 Å². The zero-order valence-corrected chi connectivity index (χ0v) is 15.2. The van der Waals surface area contributed by atoms with Gasteiger partial charge in [-0.25, -0.2) is 9.98 Å². The van der Waals surface area contributed by atoms with Gasteiger partial charge in [0.2, 0.25) is 5.90 Å². The summed E-state index contributed by atoms with van der Waals surface area (Å²) in [5, 5.41) is 0. The smallest absolute Gasteiger partial charge is 0.242 e. The Morgan fingerprint density at radius 1 is 1.24 bits per heavy atom. The number of benzene rings is 1. The summed E-state index contributed by atoms with van der Waals surface area (Å²) in [6.07, 6.45) is 7.95. The van der Waals surface area contributed by atoms with Gasteiger partial charge in [0.25, 0.3) is 0 Å². The Labute approximate surface area is 150 Å². The summed E-state index contributed by atoms with van der Waals surface area (Å²) in [6, 6.07) is 8.79. The van der Waals surface area contributed by atoms with Crippen molar-refractivity contribution < 1.29 is 4.74 Å². The van der Waals surface area contributed by atoms with Gasteiger partial charge < -0.3 is 10.5 Å². The van der Waals surface area contributed by atoms with Crippen molar-refractivity contribution in [2.45, 2.75) is 58.0 Å². The molecule has 1 unspecified atom stereocenters. The van der Waals surface area contributed by atoms with E-state index in [1.807, 2.05) is 6.92 Å². The van der Waals surface area contributed by atoms with E-state index in [1.165, 1.54) is 43.9 Å². The molecule has 0 aromatic heterocycles. The molecule has 1 aromatic rings. The summed E-state index contributed by atoms with van der Waals surface area (Å²) in [5.41, 5.74) is 10.5. The summed E-state index contributed by atoms with van der Waals surface area (Å²) < 4.78 is 5.92. The highest BCUT2D eigenvalue weighted by atomic mass is 16.5. The van der Waals surface area contributed by atoms with Crippen molar-refractivity contribution in [1.82, 2.24) is 0 Å². The fourth-order valence-corrected chi connectivity index (χ4v) is 3.63. The molecular formula is C21H27N3O. The molecule has 1 aromatic carbocycles. The zero-order valence-electron chi connectivity index (χ0n) is 15.2. The second-order valence-corrected chi connectivity index (χ2v) is 6.86. The average molecular weight is 337 g/mol. The minimum Gasteiger partial charge on any atom is -0.467 e. The SMILES string of the molecule is C=C/N=C1/OC(C)C(c2ccc(C3CCCCC3)cc2)=N/C1=C(/C)N. The van der Waals surface area contributed by atoms with E-state index in [1.54, 1.807) is 6.92 Å². The Morgan fingerprint density at radius 3 is 2.52 bits per heavy atom. The van der Waals surface area contributed by atoms with Crippen LogP contribution in [-0.2, 0) is 4.74 Å². The molecule has 2 N–H and O–H groups in total. The summed E-state index contributed by atoms with van der Waals surface area (Å²) in [5.74, 6) is 1.14. The van der Waals surface area contributed by atoms with Gasteiger partial charge in [-0.1, -0.05) is 50.1 Å². The summed E-state index contributed by atoms with van der Waals surface area (Å²) >= 11 is 0. The first kappa shape index (κ1) is 17.5. The van der Waals surface area contributed by atoms with E-state index in [0.717, 1.165) is 11.3 Å². The molecule has 132 valence electrons. The van der Waals surface area contributed by atoms with Crippen LogP contribution in [0.1, 0.15) is 63.0 Å². The van der Waals surface area contributed by atoms with Gasteiger partial charge in [-0.3, -0.25) is 0 Å². The molecule has 3 rings (SSSR count). The van der Waals surface area contributed by atoms with Crippen LogP contribution in [0.5, 0.6) is 0 Å². The van der Waals surface area contributed by atoms with Crippen molar-refractivity contribution in [2.75, 3.05) is 0 Å². The van der Waals surface area contributed by atoms with Crippen molar-refractivity contribution in [2.24, 2.45) is 15.7 Å². The third kappa shape index (κ3) is 3.84. The minimum absolute atomic E-state index is 0.178. The summed E-state index contributed by atoms with van der Waals surface area (Å²) in [6.45, 7) is 7.41. The van der Waals surface area contributed by atoms with Crippen LogP contribution in [0.25, 0.3) is 0 Å². The number of ether oxygens (including phenoxy) is 1. The predicted octanol–water partition coefficient (Wildman–Crippen LogP) is 4.67. The van der Waals surface area contributed by atoms with Crippen molar-refractivity contribution in [3.05, 3.63) is 59.6 Å². The maximum atomic E-state index is 5.97. The quantitative estimate of drug-likeness (QED) is 0.871. The van der Waals surface area contributed by atoms with Gasteiger partial charge in [0.1, 0.15) is 11.8 Å². The first-order valence-corrected chi connectivity index (χ1v) is 9.11. The molecule has 4 nitrogen and oxygen atoms in total. The number of nitrogens with zero attached hydrogens (tertiary/aromatic N) is 2. The predicted molar refractivity (Wildman–Crippen MR) is 104 cm³/mol. The monoisotopic (exact) mass is 337 g/mol. The van der Waals surface area contributed by atoms with E-state index in [9.17, 15) is 0 Å². The van der Waals surface area contributed by atoms with E-state index in [-0.39, 0.29) is 6.10 Å². The molecule has 1 heterocycles. The maximum Gasteiger partial charge on any atom is 0.242 e. The van der Waals surface area contributed by atoms with Gasteiger partial charge in [0, 0.05) is 11.9 Å². The lowest BCUT2D eigenvalue weighted by Gasteiger charge is -2.25.